The van der Waals surface area contributed by atoms with E-state index in [0.29, 0.717) is 21.5 Å². The Morgan fingerprint density at radius 2 is 2.05 bits per heavy atom. The second-order valence-corrected chi connectivity index (χ2v) is 5.56. The number of halogens is 2. The van der Waals surface area contributed by atoms with E-state index < -0.39 is 6.10 Å². The SMILES string of the molecule is CC(O)c1cccc(NC(=O)COc2ccc(Cl)cc2Cl)c1. The van der Waals surface area contributed by atoms with Crippen LogP contribution in [0.25, 0.3) is 0 Å². The first-order valence-corrected chi connectivity index (χ1v) is 7.37. The van der Waals surface area contributed by atoms with Gasteiger partial charge in [-0.05, 0) is 42.8 Å². The van der Waals surface area contributed by atoms with Gasteiger partial charge in [-0.1, -0.05) is 35.3 Å². The Morgan fingerprint density at radius 3 is 2.73 bits per heavy atom. The third kappa shape index (κ3) is 4.63. The molecular weight excluding hydrogens is 325 g/mol. The summed E-state index contributed by atoms with van der Waals surface area (Å²) in [5.41, 5.74) is 1.31. The van der Waals surface area contributed by atoms with Crippen LogP contribution in [0.3, 0.4) is 0 Å². The summed E-state index contributed by atoms with van der Waals surface area (Å²) in [6.07, 6.45) is -0.596. The molecule has 0 aliphatic carbocycles. The fourth-order valence-corrected chi connectivity index (χ4v) is 2.27. The van der Waals surface area contributed by atoms with Gasteiger partial charge in [0.2, 0.25) is 0 Å². The molecule has 1 amide bonds. The molecule has 0 saturated carbocycles. The van der Waals surface area contributed by atoms with Gasteiger partial charge in [0, 0.05) is 10.7 Å². The van der Waals surface area contributed by atoms with Gasteiger partial charge in [0.25, 0.3) is 5.91 Å². The Labute approximate surface area is 138 Å². The molecule has 0 aliphatic rings. The van der Waals surface area contributed by atoms with Crippen LogP contribution < -0.4 is 10.1 Å². The van der Waals surface area contributed by atoms with E-state index in [2.05, 4.69) is 5.32 Å². The highest BCUT2D eigenvalue weighted by Gasteiger charge is 2.08. The molecule has 2 rings (SSSR count). The Balaban J connectivity index is 1.94. The molecule has 1 unspecified atom stereocenters. The number of ether oxygens (including phenoxy) is 1. The van der Waals surface area contributed by atoms with Crippen molar-refractivity contribution in [3.8, 4) is 5.75 Å². The van der Waals surface area contributed by atoms with Gasteiger partial charge in [-0.3, -0.25) is 4.79 Å². The van der Waals surface area contributed by atoms with E-state index in [4.69, 9.17) is 27.9 Å². The number of carbonyl (C=O) groups excluding carboxylic acids is 1. The van der Waals surface area contributed by atoms with E-state index in [1.807, 2.05) is 0 Å². The lowest BCUT2D eigenvalue weighted by Crippen LogP contribution is -2.20. The molecule has 2 N–H and O–H groups in total. The Kier molecular flexibility index (Phi) is 5.66. The van der Waals surface area contributed by atoms with Gasteiger partial charge in [-0.25, -0.2) is 0 Å². The van der Waals surface area contributed by atoms with Crippen molar-refractivity contribution in [1.82, 2.24) is 0 Å². The summed E-state index contributed by atoms with van der Waals surface area (Å²) in [4.78, 5) is 11.9. The third-order valence-corrected chi connectivity index (χ3v) is 3.44. The summed E-state index contributed by atoms with van der Waals surface area (Å²) in [5, 5.41) is 13.1. The number of nitrogens with one attached hydrogen (secondary N) is 1. The number of aliphatic hydroxyl groups is 1. The van der Waals surface area contributed by atoms with Gasteiger partial charge in [0.1, 0.15) is 5.75 Å². The Bertz CT molecular complexity index is 674. The van der Waals surface area contributed by atoms with Crippen LogP contribution in [0.15, 0.2) is 42.5 Å². The minimum atomic E-state index is -0.596. The van der Waals surface area contributed by atoms with Gasteiger partial charge in [0.15, 0.2) is 6.61 Å². The molecule has 4 nitrogen and oxygen atoms in total. The summed E-state index contributed by atoms with van der Waals surface area (Å²) >= 11 is 11.7. The molecule has 0 aliphatic heterocycles. The van der Waals surface area contributed by atoms with Crippen molar-refractivity contribution in [3.63, 3.8) is 0 Å². The summed E-state index contributed by atoms with van der Waals surface area (Å²) in [6.45, 7) is 1.48. The molecule has 116 valence electrons. The molecule has 0 aromatic heterocycles. The Hall–Kier alpha value is -1.75. The first-order chi connectivity index (χ1) is 10.5. The van der Waals surface area contributed by atoms with Gasteiger partial charge in [-0.2, -0.15) is 0 Å². The van der Waals surface area contributed by atoms with E-state index in [0.717, 1.165) is 5.56 Å². The van der Waals surface area contributed by atoms with Crippen LogP contribution in [0.2, 0.25) is 10.0 Å². The molecule has 0 spiro atoms. The topological polar surface area (TPSA) is 58.6 Å². The summed E-state index contributed by atoms with van der Waals surface area (Å²) in [6, 6.07) is 11.8. The predicted octanol–water partition coefficient (Wildman–Crippen LogP) is 4.06. The highest BCUT2D eigenvalue weighted by molar-refractivity contribution is 6.35. The van der Waals surface area contributed by atoms with E-state index in [-0.39, 0.29) is 12.5 Å². The minimum Gasteiger partial charge on any atom is -0.482 e. The van der Waals surface area contributed by atoms with Crippen LogP contribution in [0.4, 0.5) is 5.69 Å². The second kappa shape index (κ2) is 7.49. The predicted molar refractivity (Wildman–Crippen MR) is 87.7 cm³/mol. The first-order valence-electron chi connectivity index (χ1n) is 6.61. The molecule has 0 saturated heterocycles. The number of carbonyl (C=O) groups is 1. The number of anilines is 1. The van der Waals surface area contributed by atoms with Crippen molar-refractivity contribution < 1.29 is 14.6 Å². The third-order valence-electron chi connectivity index (χ3n) is 2.91. The van der Waals surface area contributed by atoms with Gasteiger partial charge >= 0.3 is 0 Å². The average Bonchev–Trinajstić information content (AvgIpc) is 2.46. The lowest BCUT2D eigenvalue weighted by Gasteiger charge is -2.10. The monoisotopic (exact) mass is 339 g/mol. The maximum absolute atomic E-state index is 11.9. The molecular formula is C16H15Cl2NO3. The van der Waals surface area contributed by atoms with Crippen molar-refractivity contribution >= 4 is 34.8 Å². The van der Waals surface area contributed by atoms with Gasteiger partial charge < -0.3 is 15.2 Å². The lowest BCUT2D eigenvalue weighted by molar-refractivity contribution is -0.118. The van der Waals surface area contributed by atoms with E-state index in [1.54, 1.807) is 49.4 Å². The zero-order valence-corrected chi connectivity index (χ0v) is 13.4. The second-order valence-electron chi connectivity index (χ2n) is 4.71. The number of rotatable bonds is 5. The summed E-state index contributed by atoms with van der Waals surface area (Å²) in [7, 11) is 0. The fraction of sp³-hybridized carbons (Fsp3) is 0.188. The standard InChI is InChI=1S/C16H15Cl2NO3/c1-10(20)11-3-2-4-13(7-11)19-16(21)9-22-15-6-5-12(17)8-14(15)18/h2-8,10,20H,9H2,1H3,(H,19,21). The number of benzene rings is 2. The first kappa shape index (κ1) is 16.6. The quantitative estimate of drug-likeness (QED) is 0.863. The summed E-state index contributed by atoms with van der Waals surface area (Å²) in [5.74, 6) is 0.0627. The van der Waals surface area contributed by atoms with Crippen molar-refractivity contribution in [3.05, 3.63) is 58.1 Å². The molecule has 0 fully saturated rings. The zero-order valence-electron chi connectivity index (χ0n) is 11.8. The molecule has 0 bridgehead atoms. The van der Waals surface area contributed by atoms with Crippen LogP contribution >= 0.6 is 23.2 Å². The van der Waals surface area contributed by atoms with E-state index in [9.17, 15) is 9.90 Å². The summed E-state index contributed by atoms with van der Waals surface area (Å²) < 4.78 is 5.35. The smallest absolute Gasteiger partial charge is 0.262 e. The van der Waals surface area contributed by atoms with Crippen molar-refractivity contribution in [2.45, 2.75) is 13.0 Å². The molecule has 22 heavy (non-hydrogen) atoms. The molecule has 2 aromatic rings. The maximum Gasteiger partial charge on any atom is 0.262 e. The Morgan fingerprint density at radius 1 is 1.27 bits per heavy atom. The lowest BCUT2D eigenvalue weighted by atomic mass is 10.1. The molecule has 0 heterocycles. The molecule has 6 heteroatoms. The van der Waals surface area contributed by atoms with Crippen LogP contribution in [0.5, 0.6) is 5.75 Å². The minimum absolute atomic E-state index is 0.180. The normalized spacial score (nSPS) is 11.8. The van der Waals surface area contributed by atoms with Crippen LogP contribution in [0.1, 0.15) is 18.6 Å². The largest absolute Gasteiger partial charge is 0.482 e. The fourth-order valence-electron chi connectivity index (χ4n) is 1.81. The van der Waals surface area contributed by atoms with Crippen molar-refractivity contribution in [1.29, 1.82) is 0 Å². The van der Waals surface area contributed by atoms with Gasteiger partial charge in [0.05, 0.1) is 11.1 Å². The molecule has 2 aromatic carbocycles. The van der Waals surface area contributed by atoms with E-state index >= 15 is 0 Å². The van der Waals surface area contributed by atoms with Crippen molar-refractivity contribution in [2.75, 3.05) is 11.9 Å². The van der Waals surface area contributed by atoms with Gasteiger partial charge in [-0.15, -0.1) is 0 Å². The van der Waals surface area contributed by atoms with E-state index in [1.165, 1.54) is 0 Å². The number of hydrogen-bond donors (Lipinski definition) is 2. The number of hydrogen-bond acceptors (Lipinski definition) is 3. The maximum atomic E-state index is 11.9. The van der Waals surface area contributed by atoms with Crippen LogP contribution in [0, 0.1) is 0 Å². The molecule has 1 atom stereocenters. The number of aliphatic hydroxyl groups excluding tert-OH is 1. The van der Waals surface area contributed by atoms with Crippen LogP contribution in [-0.4, -0.2) is 17.6 Å². The zero-order chi connectivity index (χ0) is 16.1. The molecule has 0 radical (unpaired) electrons. The number of amides is 1. The highest BCUT2D eigenvalue weighted by Crippen LogP contribution is 2.27. The highest BCUT2D eigenvalue weighted by atomic mass is 35.5. The van der Waals surface area contributed by atoms with Crippen LogP contribution in [-0.2, 0) is 4.79 Å². The average molecular weight is 340 g/mol. The van der Waals surface area contributed by atoms with Crippen molar-refractivity contribution in [2.24, 2.45) is 0 Å².